The zero-order valence-electron chi connectivity index (χ0n) is 16.6. The number of amides is 2. The predicted octanol–water partition coefficient (Wildman–Crippen LogP) is 0.0638. The third-order valence-electron chi connectivity index (χ3n) is 4.29. The topological polar surface area (TPSA) is 100 Å². The van der Waals surface area contributed by atoms with Gasteiger partial charge >= 0.3 is 0 Å². The van der Waals surface area contributed by atoms with E-state index in [0.717, 1.165) is 11.3 Å². The first-order chi connectivity index (χ1) is 13.4. The van der Waals surface area contributed by atoms with Gasteiger partial charge in [-0.05, 0) is 31.8 Å². The maximum absolute atomic E-state index is 12.2. The first kappa shape index (κ1) is 21.9. The zero-order chi connectivity index (χ0) is 20.5. The molecule has 0 saturated carbocycles. The number of aliphatic hydroxyl groups excluding tert-OH is 1. The summed E-state index contributed by atoms with van der Waals surface area (Å²) in [5, 5.41) is 15.2. The molecule has 8 heteroatoms. The van der Waals surface area contributed by atoms with E-state index in [9.17, 15) is 14.7 Å². The van der Waals surface area contributed by atoms with Crippen molar-refractivity contribution in [1.29, 1.82) is 0 Å². The standard InChI is InChI=1S/C20H29N3O5/c1-23(2)12-20(26)22-17-9-8-16(28-18(17)13-24)10-19(25)21-11-14-4-6-15(27-3)7-5-14/h4-9,16-18,24H,10-13H2,1-3H3,(H,21,25)(H,22,26)/t16-,17+,18-/m0/s1. The van der Waals surface area contributed by atoms with Gasteiger partial charge in [0, 0.05) is 6.54 Å². The molecular weight excluding hydrogens is 362 g/mol. The quantitative estimate of drug-likeness (QED) is 0.515. The summed E-state index contributed by atoms with van der Waals surface area (Å²) in [6.07, 6.45) is 2.63. The minimum atomic E-state index is -0.587. The number of nitrogens with zero attached hydrogens (tertiary/aromatic N) is 1. The van der Waals surface area contributed by atoms with E-state index in [-0.39, 0.29) is 31.4 Å². The Kier molecular flexibility index (Phi) is 8.43. The summed E-state index contributed by atoms with van der Waals surface area (Å²) in [4.78, 5) is 25.9. The van der Waals surface area contributed by atoms with Crippen molar-refractivity contribution in [3.05, 3.63) is 42.0 Å². The molecule has 2 rings (SSSR count). The van der Waals surface area contributed by atoms with Gasteiger partial charge in [0.1, 0.15) is 11.9 Å². The summed E-state index contributed by atoms with van der Waals surface area (Å²) in [5.74, 6) is 0.452. The number of hydrogen-bond donors (Lipinski definition) is 3. The average molecular weight is 391 g/mol. The van der Waals surface area contributed by atoms with Crippen LogP contribution in [0, 0.1) is 0 Å². The van der Waals surface area contributed by atoms with E-state index >= 15 is 0 Å². The van der Waals surface area contributed by atoms with Crippen LogP contribution in [-0.4, -0.2) is 74.4 Å². The molecule has 0 aliphatic carbocycles. The van der Waals surface area contributed by atoms with Gasteiger partial charge in [-0.2, -0.15) is 0 Å². The fourth-order valence-electron chi connectivity index (χ4n) is 2.85. The minimum absolute atomic E-state index is 0.140. The highest BCUT2D eigenvalue weighted by Crippen LogP contribution is 2.16. The molecule has 154 valence electrons. The second-order valence-corrected chi connectivity index (χ2v) is 6.94. The number of likely N-dealkylation sites (N-methyl/N-ethyl adjacent to an activating group) is 1. The molecule has 0 unspecified atom stereocenters. The van der Waals surface area contributed by atoms with Crippen LogP contribution in [0.3, 0.4) is 0 Å². The number of benzene rings is 1. The van der Waals surface area contributed by atoms with Crippen molar-refractivity contribution in [2.45, 2.75) is 31.2 Å². The Morgan fingerprint density at radius 3 is 2.50 bits per heavy atom. The number of aliphatic hydroxyl groups is 1. The number of carbonyl (C=O) groups excluding carboxylic acids is 2. The second-order valence-electron chi connectivity index (χ2n) is 6.94. The number of carbonyl (C=O) groups is 2. The van der Waals surface area contributed by atoms with Crippen LogP contribution >= 0.6 is 0 Å². The first-order valence-corrected chi connectivity index (χ1v) is 9.19. The van der Waals surface area contributed by atoms with Gasteiger partial charge in [0.15, 0.2) is 0 Å². The molecule has 0 saturated heterocycles. The molecule has 1 aromatic rings. The predicted molar refractivity (Wildman–Crippen MR) is 105 cm³/mol. The number of methoxy groups -OCH3 is 1. The third-order valence-corrected chi connectivity index (χ3v) is 4.29. The second kappa shape index (κ2) is 10.8. The van der Waals surface area contributed by atoms with Gasteiger partial charge in [-0.25, -0.2) is 0 Å². The minimum Gasteiger partial charge on any atom is -0.497 e. The molecule has 0 radical (unpaired) electrons. The maximum Gasteiger partial charge on any atom is 0.234 e. The largest absolute Gasteiger partial charge is 0.497 e. The number of hydrogen-bond acceptors (Lipinski definition) is 6. The van der Waals surface area contributed by atoms with Crippen LogP contribution in [0.1, 0.15) is 12.0 Å². The van der Waals surface area contributed by atoms with Crippen LogP contribution in [0.4, 0.5) is 0 Å². The summed E-state index contributed by atoms with van der Waals surface area (Å²) in [6, 6.07) is 7.03. The molecule has 0 bridgehead atoms. The van der Waals surface area contributed by atoms with Crippen molar-refractivity contribution >= 4 is 11.8 Å². The van der Waals surface area contributed by atoms with Crippen LogP contribution in [-0.2, 0) is 20.9 Å². The van der Waals surface area contributed by atoms with Crippen LogP contribution in [0.25, 0.3) is 0 Å². The van der Waals surface area contributed by atoms with Crippen molar-refractivity contribution in [3.63, 3.8) is 0 Å². The van der Waals surface area contributed by atoms with Crippen LogP contribution in [0.5, 0.6) is 5.75 Å². The number of rotatable bonds is 9. The van der Waals surface area contributed by atoms with Crippen molar-refractivity contribution in [3.8, 4) is 5.75 Å². The maximum atomic E-state index is 12.2. The van der Waals surface area contributed by atoms with Crippen molar-refractivity contribution in [2.75, 3.05) is 34.4 Å². The van der Waals surface area contributed by atoms with E-state index in [0.29, 0.717) is 6.54 Å². The molecule has 0 spiro atoms. The van der Waals surface area contributed by atoms with Gasteiger partial charge in [0.05, 0.1) is 38.8 Å². The fraction of sp³-hybridized carbons (Fsp3) is 0.500. The first-order valence-electron chi connectivity index (χ1n) is 9.19. The highest BCUT2D eigenvalue weighted by atomic mass is 16.5. The summed E-state index contributed by atoms with van der Waals surface area (Å²) < 4.78 is 10.9. The molecule has 28 heavy (non-hydrogen) atoms. The molecule has 1 aliphatic rings. The lowest BCUT2D eigenvalue weighted by molar-refractivity contribution is -0.128. The number of ether oxygens (including phenoxy) is 2. The van der Waals surface area contributed by atoms with Gasteiger partial charge in [0.25, 0.3) is 0 Å². The summed E-state index contributed by atoms with van der Waals surface area (Å²) in [5.41, 5.74) is 0.964. The molecule has 1 aromatic carbocycles. The van der Waals surface area contributed by atoms with Gasteiger partial charge < -0.3 is 30.1 Å². The Labute approximate surface area is 165 Å². The molecule has 0 fully saturated rings. The molecule has 3 N–H and O–H groups in total. The van der Waals surface area contributed by atoms with E-state index < -0.39 is 18.2 Å². The molecule has 3 atom stereocenters. The van der Waals surface area contributed by atoms with E-state index in [4.69, 9.17) is 9.47 Å². The Morgan fingerprint density at radius 2 is 1.89 bits per heavy atom. The smallest absolute Gasteiger partial charge is 0.234 e. The lowest BCUT2D eigenvalue weighted by Crippen LogP contribution is -2.50. The van der Waals surface area contributed by atoms with Crippen molar-refractivity contribution in [2.24, 2.45) is 0 Å². The van der Waals surface area contributed by atoms with Gasteiger partial charge in [-0.1, -0.05) is 24.3 Å². The Balaban J connectivity index is 1.82. The van der Waals surface area contributed by atoms with Gasteiger partial charge in [-0.15, -0.1) is 0 Å². The van der Waals surface area contributed by atoms with Crippen LogP contribution in [0.2, 0.25) is 0 Å². The Bertz CT molecular complexity index is 675. The summed E-state index contributed by atoms with van der Waals surface area (Å²) in [7, 11) is 5.21. The zero-order valence-corrected chi connectivity index (χ0v) is 16.6. The molecule has 2 amide bonds. The van der Waals surface area contributed by atoms with E-state index in [1.165, 1.54) is 0 Å². The Hall–Kier alpha value is -2.42. The summed E-state index contributed by atoms with van der Waals surface area (Å²) in [6.45, 7) is 0.410. The Morgan fingerprint density at radius 1 is 1.18 bits per heavy atom. The molecular formula is C20H29N3O5. The van der Waals surface area contributed by atoms with Gasteiger partial charge in [-0.3, -0.25) is 9.59 Å². The SMILES string of the molecule is COc1ccc(CNC(=O)C[C@@H]2C=C[C@@H](NC(=O)CN(C)C)[C@H](CO)O2)cc1. The fourth-order valence-corrected chi connectivity index (χ4v) is 2.85. The number of nitrogens with one attached hydrogen (secondary N) is 2. The lowest BCUT2D eigenvalue weighted by atomic mass is 10.0. The average Bonchev–Trinajstić information content (AvgIpc) is 2.67. The molecule has 1 aliphatic heterocycles. The van der Waals surface area contributed by atoms with Gasteiger partial charge in [0.2, 0.25) is 11.8 Å². The van der Waals surface area contributed by atoms with E-state index in [1.807, 2.05) is 24.3 Å². The normalized spacial score (nSPS) is 21.4. The highest BCUT2D eigenvalue weighted by Gasteiger charge is 2.29. The monoisotopic (exact) mass is 391 g/mol. The van der Waals surface area contributed by atoms with Crippen LogP contribution in [0.15, 0.2) is 36.4 Å². The van der Waals surface area contributed by atoms with E-state index in [2.05, 4.69) is 10.6 Å². The van der Waals surface area contributed by atoms with E-state index in [1.54, 1.807) is 38.3 Å². The summed E-state index contributed by atoms with van der Waals surface area (Å²) >= 11 is 0. The molecule has 1 heterocycles. The van der Waals surface area contributed by atoms with Crippen molar-refractivity contribution in [1.82, 2.24) is 15.5 Å². The highest BCUT2D eigenvalue weighted by molar-refractivity contribution is 5.79. The third kappa shape index (κ3) is 6.95. The molecule has 8 nitrogen and oxygen atoms in total. The van der Waals surface area contributed by atoms with Crippen molar-refractivity contribution < 1.29 is 24.2 Å². The molecule has 0 aromatic heterocycles. The van der Waals surface area contributed by atoms with Crippen LogP contribution < -0.4 is 15.4 Å². The lowest BCUT2D eigenvalue weighted by Gasteiger charge is -2.32.